The predicted molar refractivity (Wildman–Crippen MR) is 92.2 cm³/mol. The van der Waals surface area contributed by atoms with Crippen molar-refractivity contribution in [1.82, 2.24) is 10.2 Å². The number of nitrogens with one attached hydrogen (secondary N) is 1. The van der Waals surface area contributed by atoms with Gasteiger partial charge in [-0.25, -0.2) is 0 Å². The summed E-state index contributed by atoms with van der Waals surface area (Å²) in [7, 11) is 0. The highest BCUT2D eigenvalue weighted by molar-refractivity contribution is 7.16. The van der Waals surface area contributed by atoms with Crippen LogP contribution in [0.3, 0.4) is 0 Å². The number of nitrogens with zero attached hydrogens (tertiary/aromatic N) is 1. The van der Waals surface area contributed by atoms with Crippen LogP contribution in [0.25, 0.3) is 0 Å². The predicted octanol–water partition coefficient (Wildman–Crippen LogP) is 4.53. The maximum atomic E-state index is 6.08. The molecular weight excluding hydrogens is 300 g/mol. The molecule has 0 amide bonds. The molecular formula is C17H27ClN2S. The molecule has 1 saturated carbocycles. The van der Waals surface area contributed by atoms with Crippen LogP contribution in [-0.4, -0.2) is 30.1 Å². The molecule has 1 aromatic rings. The van der Waals surface area contributed by atoms with Gasteiger partial charge in [-0.05, 0) is 50.8 Å². The van der Waals surface area contributed by atoms with Gasteiger partial charge in [0.15, 0.2) is 0 Å². The number of hydrogen-bond donors (Lipinski definition) is 1. The van der Waals surface area contributed by atoms with E-state index >= 15 is 0 Å². The second kappa shape index (κ2) is 7.45. The van der Waals surface area contributed by atoms with Gasteiger partial charge in [0.2, 0.25) is 0 Å². The first-order valence-corrected chi connectivity index (χ1v) is 9.63. The Labute approximate surface area is 137 Å². The third kappa shape index (κ3) is 4.22. The van der Waals surface area contributed by atoms with E-state index in [9.17, 15) is 0 Å². The Hall–Kier alpha value is -0.0900. The lowest BCUT2D eigenvalue weighted by Gasteiger charge is -2.34. The van der Waals surface area contributed by atoms with E-state index in [0.717, 1.165) is 16.8 Å². The molecule has 3 rings (SSSR count). The van der Waals surface area contributed by atoms with Crippen LogP contribution in [0.2, 0.25) is 4.34 Å². The molecule has 0 spiro atoms. The zero-order valence-electron chi connectivity index (χ0n) is 13.0. The Balaban J connectivity index is 1.65. The van der Waals surface area contributed by atoms with Gasteiger partial charge in [0.1, 0.15) is 0 Å². The molecule has 1 aliphatic carbocycles. The molecule has 0 radical (unpaired) electrons. The van der Waals surface area contributed by atoms with Crippen molar-refractivity contribution in [3.8, 4) is 0 Å². The van der Waals surface area contributed by atoms with Gasteiger partial charge in [0.05, 0.1) is 4.34 Å². The molecule has 2 heterocycles. The first-order chi connectivity index (χ1) is 10.2. The summed E-state index contributed by atoms with van der Waals surface area (Å²) in [6, 6.07) is 5.56. The van der Waals surface area contributed by atoms with E-state index < -0.39 is 0 Å². The normalized spacial score (nSPS) is 29.4. The Bertz CT molecular complexity index is 442. The third-order valence-corrected chi connectivity index (χ3v) is 6.45. The molecule has 1 saturated heterocycles. The molecule has 1 aromatic heterocycles. The third-order valence-electron chi connectivity index (χ3n) is 5.23. The summed E-state index contributed by atoms with van der Waals surface area (Å²) >= 11 is 7.82. The van der Waals surface area contributed by atoms with Gasteiger partial charge in [-0.15, -0.1) is 11.3 Å². The molecule has 2 atom stereocenters. The summed E-state index contributed by atoms with van der Waals surface area (Å²) in [4.78, 5) is 4.07. The minimum absolute atomic E-state index is 0.659. The van der Waals surface area contributed by atoms with Crippen molar-refractivity contribution >= 4 is 22.9 Å². The van der Waals surface area contributed by atoms with E-state index in [1.165, 1.54) is 56.5 Å². The second-order valence-corrected chi connectivity index (χ2v) is 8.53. The summed E-state index contributed by atoms with van der Waals surface area (Å²) in [6.45, 7) is 5.80. The van der Waals surface area contributed by atoms with Crippen LogP contribution in [0.15, 0.2) is 12.1 Å². The highest BCUT2D eigenvalue weighted by atomic mass is 35.5. The van der Waals surface area contributed by atoms with E-state index in [-0.39, 0.29) is 0 Å². The Morgan fingerprint density at radius 1 is 1.24 bits per heavy atom. The molecule has 1 aliphatic heterocycles. The van der Waals surface area contributed by atoms with Crippen LogP contribution in [0.4, 0.5) is 0 Å². The summed E-state index contributed by atoms with van der Waals surface area (Å²) in [5, 5.41) is 3.84. The van der Waals surface area contributed by atoms with Crippen molar-refractivity contribution in [2.24, 2.45) is 5.92 Å². The van der Waals surface area contributed by atoms with Gasteiger partial charge in [0.25, 0.3) is 0 Å². The van der Waals surface area contributed by atoms with E-state index in [2.05, 4.69) is 23.2 Å². The molecule has 0 aromatic carbocycles. The molecule has 2 nitrogen and oxygen atoms in total. The first-order valence-electron chi connectivity index (χ1n) is 8.44. The largest absolute Gasteiger partial charge is 0.312 e. The second-order valence-electron chi connectivity index (χ2n) is 6.73. The Morgan fingerprint density at radius 2 is 2.05 bits per heavy atom. The van der Waals surface area contributed by atoms with Gasteiger partial charge in [-0.2, -0.15) is 0 Å². The van der Waals surface area contributed by atoms with Crippen LogP contribution in [-0.2, 0) is 6.54 Å². The number of thiophene rings is 1. The summed E-state index contributed by atoms with van der Waals surface area (Å²) < 4.78 is 0.912. The Morgan fingerprint density at radius 3 is 2.76 bits per heavy atom. The van der Waals surface area contributed by atoms with Gasteiger partial charge in [-0.3, -0.25) is 4.90 Å². The van der Waals surface area contributed by atoms with Crippen molar-refractivity contribution in [1.29, 1.82) is 0 Å². The topological polar surface area (TPSA) is 15.3 Å². The molecule has 2 aliphatic rings. The molecule has 21 heavy (non-hydrogen) atoms. The molecule has 2 unspecified atom stereocenters. The van der Waals surface area contributed by atoms with Gasteiger partial charge >= 0.3 is 0 Å². The van der Waals surface area contributed by atoms with Crippen molar-refractivity contribution < 1.29 is 0 Å². The lowest BCUT2D eigenvalue weighted by Crippen LogP contribution is -2.44. The number of halogens is 1. The Kier molecular flexibility index (Phi) is 5.60. The molecule has 118 valence electrons. The minimum Gasteiger partial charge on any atom is -0.312 e. The minimum atomic E-state index is 0.659. The van der Waals surface area contributed by atoms with Gasteiger partial charge < -0.3 is 5.32 Å². The first kappa shape index (κ1) is 15.8. The van der Waals surface area contributed by atoms with E-state index in [1.54, 1.807) is 11.3 Å². The SMILES string of the molecule is CC1CCNC(C2CCCCC2)CN1Cc1ccc(Cl)s1. The molecule has 0 bridgehead atoms. The average Bonchev–Trinajstić information content (AvgIpc) is 2.81. The van der Waals surface area contributed by atoms with Crippen LogP contribution in [0.5, 0.6) is 0 Å². The summed E-state index contributed by atoms with van der Waals surface area (Å²) in [5.74, 6) is 0.887. The van der Waals surface area contributed by atoms with Crippen LogP contribution in [0, 0.1) is 5.92 Å². The highest BCUT2D eigenvalue weighted by Crippen LogP contribution is 2.29. The lowest BCUT2D eigenvalue weighted by molar-refractivity contribution is 0.166. The molecule has 1 N–H and O–H groups in total. The monoisotopic (exact) mass is 326 g/mol. The highest BCUT2D eigenvalue weighted by Gasteiger charge is 2.29. The maximum Gasteiger partial charge on any atom is 0.0931 e. The van der Waals surface area contributed by atoms with E-state index in [4.69, 9.17) is 11.6 Å². The zero-order chi connectivity index (χ0) is 14.7. The average molecular weight is 327 g/mol. The quantitative estimate of drug-likeness (QED) is 0.877. The summed E-state index contributed by atoms with van der Waals surface area (Å²) in [5.41, 5.74) is 0. The van der Waals surface area contributed by atoms with Crippen LogP contribution < -0.4 is 5.32 Å². The maximum absolute atomic E-state index is 6.08. The van der Waals surface area contributed by atoms with E-state index in [0.29, 0.717) is 12.1 Å². The number of rotatable bonds is 3. The fraction of sp³-hybridized carbons (Fsp3) is 0.765. The van der Waals surface area contributed by atoms with Crippen molar-refractivity contribution in [3.63, 3.8) is 0 Å². The van der Waals surface area contributed by atoms with Gasteiger partial charge in [0, 0.05) is 30.1 Å². The van der Waals surface area contributed by atoms with E-state index in [1.807, 2.05) is 6.07 Å². The standard InChI is InChI=1S/C17H27ClN2S/c1-13-9-10-19-16(14-5-3-2-4-6-14)12-20(13)11-15-7-8-17(18)21-15/h7-8,13-14,16,19H,2-6,9-12H2,1H3. The number of hydrogen-bond acceptors (Lipinski definition) is 3. The van der Waals surface area contributed by atoms with Crippen molar-refractivity contribution in [3.05, 3.63) is 21.3 Å². The fourth-order valence-corrected chi connectivity index (χ4v) is 4.98. The zero-order valence-corrected chi connectivity index (χ0v) is 14.6. The van der Waals surface area contributed by atoms with Gasteiger partial charge in [-0.1, -0.05) is 30.9 Å². The van der Waals surface area contributed by atoms with Crippen molar-refractivity contribution in [2.75, 3.05) is 13.1 Å². The molecule has 2 fully saturated rings. The van der Waals surface area contributed by atoms with Crippen molar-refractivity contribution in [2.45, 2.75) is 64.1 Å². The smallest absolute Gasteiger partial charge is 0.0931 e. The van der Waals surface area contributed by atoms with Crippen LogP contribution in [0.1, 0.15) is 50.3 Å². The lowest BCUT2D eigenvalue weighted by atomic mass is 9.83. The fourth-order valence-electron chi connectivity index (χ4n) is 3.87. The summed E-state index contributed by atoms with van der Waals surface area (Å²) in [6.07, 6.45) is 8.40. The van der Waals surface area contributed by atoms with Crippen LogP contribution >= 0.6 is 22.9 Å². The molecule has 4 heteroatoms.